The van der Waals surface area contributed by atoms with E-state index < -0.39 is 0 Å². The Kier molecular flexibility index (Phi) is 5.96. The zero-order chi connectivity index (χ0) is 5.82. The molecular weight excluding hydrogens is 172 g/mol. The van der Waals surface area contributed by atoms with Crippen LogP contribution in [0.15, 0.2) is 12.0 Å². The first-order chi connectivity index (χ1) is 3.93. The van der Waals surface area contributed by atoms with E-state index in [1.807, 2.05) is 0 Å². The lowest BCUT2D eigenvalue weighted by Gasteiger charge is -2.07. The maximum atomic E-state index is 3.79. The van der Waals surface area contributed by atoms with Gasteiger partial charge in [0, 0.05) is 22.4 Å². The van der Waals surface area contributed by atoms with Gasteiger partial charge < -0.3 is 12.4 Å². The van der Waals surface area contributed by atoms with E-state index in [1.54, 1.807) is 0 Å². The Bertz CT molecular complexity index is 79.1. The van der Waals surface area contributed by atoms with E-state index in [4.69, 9.17) is 0 Å². The number of thioether (sulfide) groups is 1. The van der Waals surface area contributed by atoms with Crippen LogP contribution in [-0.2, 0) is 10.9 Å². The smallest absolute Gasteiger partial charge is 0.122 e. The van der Waals surface area contributed by atoms with Crippen molar-refractivity contribution >= 4 is 22.7 Å². The summed E-state index contributed by atoms with van der Waals surface area (Å²) < 4.78 is 0. The molecule has 0 saturated carbocycles. The third-order valence-electron chi connectivity index (χ3n) is 1.22. The van der Waals surface area contributed by atoms with E-state index in [9.17, 15) is 0 Å². The monoisotopic (exact) mass is 182 g/mol. The topological polar surface area (TPSA) is 0 Å². The van der Waals surface area contributed by atoms with Crippen LogP contribution in [0.4, 0.5) is 0 Å². The van der Waals surface area contributed by atoms with Gasteiger partial charge in [0.1, 0.15) is 16.9 Å². The molecule has 0 aromatic rings. The molecule has 1 rings (SSSR count). The van der Waals surface area contributed by atoms with Crippen molar-refractivity contribution in [1.82, 2.24) is 0 Å². The van der Waals surface area contributed by atoms with Crippen LogP contribution in [0, 0.1) is 0 Å². The fourth-order valence-corrected chi connectivity index (χ4v) is 4.10. The molecule has 0 aromatic heterocycles. The summed E-state index contributed by atoms with van der Waals surface area (Å²) in [5.41, 5.74) is 0. The molecule has 1 aliphatic rings. The summed E-state index contributed by atoms with van der Waals surface area (Å²) in [6.07, 6.45) is 0. The van der Waals surface area contributed by atoms with Gasteiger partial charge in [0.2, 0.25) is 0 Å². The Morgan fingerprint density at radius 1 is 1.33 bits per heavy atom. The van der Waals surface area contributed by atoms with Gasteiger partial charge >= 0.3 is 0 Å². The molecule has 0 radical (unpaired) electrons. The number of rotatable bonds is 1. The van der Waals surface area contributed by atoms with Gasteiger partial charge in [-0.05, 0) is 0 Å². The maximum Gasteiger partial charge on any atom is 0.122 e. The normalized spacial score (nSPS) is 20.4. The van der Waals surface area contributed by atoms with Gasteiger partial charge in [0.05, 0.1) is 0 Å². The summed E-state index contributed by atoms with van der Waals surface area (Å²) >= 11 is 2.07. The average molecular weight is 183 g/mol. The lowest BCUT2D eigenvalue weighted by molar-refractivity contribution is -0.00000158. The average Bonchev–Trinajstić information content (AvgIpc) is 1.90. The SMILES string of the molecule is C=C[S+]1CCSCC1.[Cl-]. The van der Waals surface area contributed by atoms with Gasteiger partial charge in [-0.2, -0.15) is 11.8 Å². The molecule has 3 heteroatoms. The molecule has 0 unspecified atom stereocenters. The number of hydrogen-bond donors (Lipinski definition) is 0. The summed E-state index contributed by atoms with van der Waals surface area (Å²) in [5, 5.41) is 2.12. The Labute approximate surface area is 70.2 Å². The first-order valence-electron chi connectivity index (χ1n) is 2.80. The summed E-state index contributed by atoms with van der Waals surface area (Å²) in [6.45, 7) is 3.79. The predicted molar refractivity (Wildman–Crippen MR) is 44.6 cm³/mol. The molecule has 1 saturated heterocycles. The molecular formula is C6H11ClS2. The number of halogens is 1. The van der Waals surface area contributed by atoms with E-state index in [-0.39, 0.29) is 12.4 Å². The predicted octanol–water partition coefficient (Wildman–Crippen LogP) is -1.50. The summed E-state index contributed by atoms with van der Waals surface area (Å²) in [5.74, 6) is 5.48. The van der Waals surface area contributed by atoms with Crippen LogP contribution in [0.25, 0.3) is 0 Å². The van der Waals surface area contributed by atoms with Crippen LogP contribution in [0.2, 0.25) is 0 Å². The molecule has 1 heterocycles. The van der Waals surface area contributed by atoms with E-state index in [1.165, 1.54) is 23.0 Å². The largest absolute Gasteiger partial charge is 1.00 e. The van der Waals surface area contributed by atoms with Gasteiger partial charge in [0.15, 0.2) is 0 Å². The molecule has 0 aliphatic carbocycles. The van der Waals surface area contributed by atoms with Crippen molar-refractivity contribution in [3.63, 3.8) is 0 Å². The Morgan fingerprint density at radius 2 is 1.89 bits per heavy atom. The Balaban J connectivity index is 0.000000640. The third kappa shape index (κ3) is 3.43. The van der Waals surface area contributed by atoms with Crippen molar-refractivity contribution in [3.05, 3.63) is 12.0 Å². The first kappa shape index (κ1) is 9.73. The van der Waals surface area contributed by atoms with Gasteiger partial charge in [-0.1, -0.05) is 6.58 Å². The molecule has 0 nitrogen and oxygen atoms in total. The zero-order valence-corrected chi connectivity index (χ0v) is 7.70. The standard InChI is InChI=1S/C6H11S2.ClH/c1-2-8-5-3-7-4-6-8;/h2H,1,3-6H2;1H/q+1;/p-1. The highest BCUT2D eigenvalue weighted by Crippen LogP contribution is 2.13. The van der Waals surface area contributed by atoms with Crippen molar-refractivity contribution in [2.45, 2.75) is 0 Å². The van der Waals surface area contributed by atoms with Crippen molar-refractivity contribution in [2.75, 3.05) is 23.0 Å². The van der Waals surface area contributed by atoms with Crippen molar-refractivity contribution in [3.8, 4) is 0 Å². The second kappa shape index (κ2) is 5.51. The van der Waals surface area contributed by atoms with Crippen LogP contribution in [0.3, 0.4) is 0 Å². The molecule has 0 N–H and O–H groups in total. The Morgan fingerprint density at radius 3 is 2.22 bits per heavy atom. The quantitative estimate of drug-likeness (QED) is 0.445. The first-order valence-corrected chi connectivity index (χ1v) is 5.58. The maximum absolute atomic E-state index is 3.79. The zero-order valence-electron chi connectivity index (χ0n) is 5.31. The van der Waals surface area contributed by atoms with E-state index in [0.717, 1.165) is 0 Å². The van der Waals surface area contributed by atoms with Gasteiger partial charge in [-0.25, -0.2) is 0 Å². The highest BCUT2D eigenvalue weighted by molar-refractivity contribution is 8.06. The lowest BCUT2D eigenvalue weighted by Crippen LogP contribution is -3.00. The fourth-order valence-electron chi connectivity index (χ4n) is 0.703. The van der Waals surface area contributed by atoms with Gasteiger partial charge in [-0.15, -0.1) is 0 Å². The molecule has 0 bridgehead atoms. The highest BCUT2D eigenvalue weighted by atomic mass is 35.5. The summed E-state index contributed by atoms with van der Waals surface area (Å²) in [4.78, 5) is 0. The van der Waals surface area contributed by atoms with Crippen molar-refractivity contribution in [2.24, 2.45) is 0 Å². The molecule has 0 amide bonds. The molecule has 1 aliphatic heterocycles. The number of hydrogen-bond acceptors (Lipinski definition) is 1. The van der Waals surface area contributed by atoms with Crippen LogP contribution in [0.5, 0.6) is 0 Å². The highest BCUT2D eigenvalue weighted by Gasteiger charge is 2.17. The van der Waals surface area contributed by atoms with E-state index in [2.05, 4.69) is 23.7 Å². The van der Waals surface area contributed by atoms with Crippen molar-refractivity contribution in [1.29, 1.82) is 0 Å². The minimum atomic E-state index is 0. The second-order valence-electron chi connectivity index (χ2n) is 1.72. The molecule has 0 atom stereocenters. The minimum absolute atomic E-state index is 0. The van der Waals surface area contributed by atoms with Crippen LogP contribution in [0.1, 0.15) is 0 Å². The summed E-state index contributed by atoms with van der Waals surface area (Å²) in [7, 11) is 0.591. The fraction of sp³-hybridized carbons (Fsp3) is 0.667. The molecule has 0 aromatic carbocycles. The molecule has 1 fully saturated rings. The molecule has 0 spiro atoms. The second-order valence-corrected chi connectivity index (χ2v) is 5.17. The van der Waals surface area contributed by atoms with Gasteiger partial charge in [-0.3, -0.25) is 0 Å². The molecule has 54 valence electrons. The van der Waals surface area contributed by atoms with Crippen molar-refractivity contribution < 1.29 is 12.4 Å². The van der Waals surface area contributed by atoms with E-state index >= 15 is 0 Å². The third-order valence-corrected chi connectivity index (χ3v) is 4.65. The van der Waals surface area contributed by atoms with Crippen LogP contribution < -0.4 is 12.4 Å². The van der Waals surface area contributed by atoms with Crippen LogP contribution in [-0.4, -0.2) is 23.0 Å². The molecule has 9 heavy (non-hydrogen) atoms. The Hall–Kier alpha value is 0.730. The van der Waals surface area contributed by atoms with Crippen LogP contribution >= 0.6 is 11.8 Å². The van der Waals surface area contributed by atoms with E-state index in [0.29, 0.717) is 10.9 Å². The lowest BCUT2D eigenvalue weighted by atomic mass is 10.9. The summed E-state index contributed by atoms with van der Waals surface area (Å²) in [6, 6.07) is 0. The minimum Gasteiger partial charge on any atom is -1.00 e. The van der Waals surface area contributed by atoms with Gasteiger partial charge in [0.25, 0.3) is 0 Å².